The van der Waals surface area contributed by atoms with Crippen molar-refractivity contribution in [2.45, 2.75) is 45.4 Å². The molecule has 0 bridgehead atoms. The molecule has 1 spiro atoms. The van der Waals surface area contributed by atoms with E-state index in [0.29, 0.717) is 19.3 Å². The quantitative estimate of drug-likeness (QED) is 0.569. The lowest BCUT2D eigenvalue weighted by Gasteiger charge is -2.55. The van der Waals surface area contributed by atoms with Gasteiger partial charge in [0.1, 0.15) is 11.2 Å². The maximum atomic E-state index is 12.2. The lowest BCUT2D eigenvalue weighted by Crippen LogP contribution is -2.57. The molecule has 102 valence electrons. The fourth-order valence-electron chi connectivity index (χ4n) is 3.50. The zero-order valence-corrected chi connectivity index (χ0v) is 11.3. The number of hydrogen-bond donors (Lipinski definition) is 0. The predicted molar refractivity (Wildman–Crippen MR) is 66.1 cm³/mol. The van der Waals surface area contributed by atoms with Crippen molar-refractivity contribution in [2.24, 2.45) is 10.8 Å². The summed E-state index contributed by atoms with van der Waals surface area (Å²) in [5.74, 6) is -0.271. The van der Waals surface area contributed by atoms with Crippen molar-refractivity contribution in [2.75, 3.05) is 20.3 Å². The molecule has 1 saturated heterocycles. The summed E-state index contributed by atoms with van der Waals surface area (Å²) >= 11 is 0. The number of hydrogen-bond acceptors (Lipinski definition) is 4. The Labute approximate surface area is 108 Å². The van der Waals surface area contributed by atoms with Crippen LogP contribution in [-0.2, 0) is 19.1 Å². The Balaban J connectivity index is 2.11. The molecule has 0 unspecified atom stereocenters. The summed E-state index contributed by atoms with van der Waals surface area (Å²) in [6.45, 7) is 3.46. The van der Waals surface area contributed by atoms with E-state index in [1.807, 2.05) is 6.92 Å². The Bertz CT molecular complexity index is 334. The molecule has 18 heavy (non-hydrogen) atoms. The highest BCUT2D eigenvalue weighted by Crippen LogP contribution is 2.60. The van der Waals surface area contributed by atoms with Crippen molar-refractivity contribution in [3.8, 4) is 0 Å². The SMILES string of the molecule is CCCC(=O)C1(C(=O)OC)CC2(CCOCC2)C1. The highest BCUT2D eigenvalue weighted by molar-refractivity contribution is 6.05. The van der Waals surface area contributed by atoms with Crippen LogP contribution < -0.4 is 0 Å². The summed E-state index contributed by atoms with van der Waals surface area (Å²) in [5.41, 5.74) is -0.696. The van der Waals surface area contributed by atoms with Crippen molar-refractivity contribution in [3.63, 3.8) is 0 Å². The summed E-state index contributed by atoms with van der Waals surface area (Å²) in [4.78, 5) is 24.2. The molecule has 2 aliphatic rings. The van der Waals surface area contributed by atoms with Crippen LogP contribution in [0.25, 0.3) is 0 Å². The standard InChI is InChI=1S/C14H22O4/c1-3-4-11(15)14(12(16)17-2)9-13(10-14)5-7-18-8-6-13/h3-10H2,1-2H3. The van der Waals surface area contributed by atoms with Crippen LogP contribution >= 0.6 is 0 Å². The number of carbonyl (C=O) groups excluding carboxylic acids is 2. The normalized spacial score (nSPS) is 24.3. The molecular formula is C14H22O4. The number of Topliss-reactive ketones (excluding diaryl/α,β-unsaturated/α-hetero) is 1. The minimum atomic E-state index is -0.845. The third-order valence-electron chi connectivity index (χ3n) is 4.49. The summed E-state index contributed by atoms with van der Waals surface area (Å²) in [6.07, 6.45) is 4.51. The molecule has 0 atom stereocenters. The maximum Gasteiger partial charge on any atom is 0.319 e. The van der Waals surface area contributed by atoms with Crippen LogP contribution in [0.3, 0.4) is 0 Å². The molecule has 2 rings (SSSR count). The minimum absolute atomic E-state index is 0.0639. The van der Waals surface area contributed by atoms with Gasteiger partial charge in [0.15, 0.2) is 0 Å². The van der Waals surface area contributed by atoms with Crippen LogP contribution in [0.2, 0.25) is 0 Å². The molecule has 1 aliphatic heterocycles. The van der Waals surface area contributed by atoms with Gasteiger partial charge in [0.25, 0.3) is 0 Å². The lowest BCUT2D eigenvalue weighted by molar-refractivity contribution is -0.182. The topological polar surface area (TPSA) is 52.6 Å². The fourth-order valence-corrected chi connectivity index (χ4v) is 3.50. The van der Waals surface area contributed by atoms with E-state index in [9.17, 15) is 9.59 Å². The number of carbonyl (C=O) groups is 2. The third-order valence-corrected chi connectivity index (χ3v) is 4.49. The fraction of sp³-hybridized carbons (Fsp3) is 0.857. The molecule has 2 fully saturated rings. The average Bonchev–Trinajstić information content (AvgIpc) is 2.35. The molecule has 0 N–H and O–H groups in total. The van der Waals surface area contributed by atoms with Crippen LogP contribution in [0.4, 0.5) is 0 Å². The lowest BCUT2D eigenvalue weighted by atomic mass is 9.48. The van der Waals surface area contributed by atoms with E-state index in [1.165, 1.54) is 7.11 Å². The van der Waals surface area contributed by atoms with E-state index < -0.39 is 5.41 Å². The predicted octanol–water partition coefficient (Wildman–Crippen LogP) is 2.11. The largest absolute Gasteiger partial charge is 0.468 e. The summed E-state index contributed by atoms with van der Waals surface area (Å²) in [7, 11) is 1.37. The Morgan fingerprint density at radius 1 is 1.22 bits per heavy atom. The minimum Gasteiger partial charge on any atom is -0.468 e. The number of esters is 1. The highest BCUT2D eigenvalue weighted by Gasteiger charge is 2.62. The monoisotopic (exact) mass is 254 g/mol. The Hall–Kier alpha value is -0.900. The second kappa shape index (κ2) is 5.00. The maximum absolute atomic E-state index is 12.2. The van der Waals surface area contributed by atoms with Gasteiger partial charge in [-0.15, -0.1) is 0 Å². The number of rotatable bonds is 4. The molecule has 1 saturated carbocycles. The van der Waals surface area contributed by atoms with E-state index in [1.54, 1.807) is 0 Å². The Kier molecular flexibility index (Phi) is 3.76. The van der Waals surface area contributed by atoms with Crippen molar-refractivity contribution < 1.29 is 19.1 Å². The molecule has 4 heteroatoms. The second-order valence-corrected chi connectivity index (χ2v) is 5.71. The van der Waals surface area contributed by atoms with Gasteiger partial charge in [-0.05, 0) is 37.5 Å². The molecule has 1 aliphatic carbocycles. The third kappa shape index (κ3) is 2.07. The first-order valence-corrected chi connectivity index (χ1v) is 6.78. The van der Waals surface area contributed by atoms with Crippen LogP contribution in [0.15, 0.2) is 0 Å². The zero-order valence-electron chi connectivity index (χ0n) is 11.3. The van der Waals surface area contributed by atoms with Crippen LogP contribution in [-0.4, -0.2) is 32.1 Å². The van der Waals surface area contributed by atoms with Gasteiger partial charge in [-0.25, -0.2) is 0 Å². The molecule has 1 heterocycles. The van der Waals surface area contributed by atoms with Gasteiger partial charge in [-0.2, -0.15) is 0 Å². The number of ketones is 1. The molecule has 0 radical (unpaired) electrons. The number of methoxy groups -OCH3 is 1. The zero-order chi connectivity index (χ0) is 13.2. The van der Waals surface area contributed by atoms with Gasteiger partial charge in [0.2, 0.25) is 0 Å². The second-order valence-electron chi connectivity index (χ2n) is 5.71. The summed E-state index contributed by atoms with van der Waals surface area (Å²) in [6, 6.07) is 0. The first-order chi connectivity index (χ1) is 8.58. The average molecular weight is 254 g/mol. The molecule has 4 nitrogen and oxygen atoms in total. The summed E-state index contributed by atoms with van der Waals surface area (Å²) in [5, 5.41) is 0. The summed E-state index contributed by atoms with van der Waals surface area (Å²) < 4.78 is 10.2. The van der Waals surface area contributed by atoms with Gasteiger partial charge < -0.3 is 9.47 Å². The van der Waals surface area contributed by atoms with Gasteiger partial charge in [-0.3, -0.25) is 9.59 Å². The molecule has 0 amide bonds. The highest BCUT2D eigenvalue weighted by atomic mass is 16.5. The van der Waals surface area contributed by atoms with Gasteiger partial charge >= 0.3 is 5.97 Å². The van der Waals surface area contributed by atoms with Crippen molar-refractivity contribution in [1.29, 1.82) is 0 Å². The van der Waals surface area contributed by atoms with E-state index in [0.717, 1.165) is 32.5 Å². The molecular weight excluding hydrogens is 232 g/mol. The van der Waals surface area contributed by atoms with Gasteiger partial charge in [-0.1, -0.05) is 6.92 Å². The molecule has 0 aromatic rings. The van der Waals surface area contributed by atoms with E-state index in [-0.39, 0.29) is 17.2 Å². The van der Waals surface area contributed by atoms with Crippen molar-refractivity contribution in [3.05, 3.63) is 0 Å². The van der Waals surface area contributed by atoms with E-state index in [2.05, 4.69) is 0 Å². The van der Waals surface area contributed by atoms with E-state index >= 15 is 0 Å². The van der Waals surface area contributed by atoms with Gasteiger partial charge in [0, 0.05) is 19.6 Å². The van der Waals surface area contributed by atoms with Gasteiger partial charge in [0.05, 0.1) is 7.11 Å². The Morgan fingerprint density at radius 2 is 1.83 bits per heavy atom. The van der Waals surface area contributed by atoms with E-state index in [4.69, 9.17) is 9.47 Å². The molecule has 0 aromatic carbocycles. The van der Waals surface area contributed by atoms with Crippen LogP contribution in [0.1, 0.15) is 45.4 Å². The number of ether oxygens (including phenoxy) is 2. The van der Waals surface area contributed by atoms with Crippen molar-refractivity contribution >= 4 is 11.8 Å². The first-order valence-electron chi connectivity index (χ1n) is 6.78. The van der Waals surface area contributed by atoms with Crippen LogP contribution in [0.5, 0.6) is 0 Å². The smallest absolute Gasteiger partial charge is 0.319 e. The molecule has 0 aromatic heterocycles. The Morgan fingerprint density at radius 3 is 2.33 bits per heavy atom. The van der Waals surface area contributed by atoms with Crippen molar-refractivity contribution in [1.82, 2.24) is 0 Å². The van der Waals surface area contributed by atoms with Crippen LogP contribution in [0, 0.1) is 10.8 Å². The first kappa shape index (κ1) is 13.5.